The zero-order valence-corrected chi connectivity index (χ0v) is 21.5. The van der Waals surface area contributed by atoms with E-state index in [1.54, 1.807) is 46.8 Å². The average molecular weight is 505 g/mol. The summed E-state index contributed by atoms with van der Waals surface area (Å²) >= 11 is 1.33. The number of rotatable bonds is 7. The Bertz CT molecular complexity index is 1390. The van der Waals surface area contributed by atoms with Crippen LogP contribution in [0.15, 0.2) is 66.0 Å². The molecule has 186 valence electrons. The minimum absolute atomic E-state index is 0.110. The number of nitrogens with zero attached hydrogens (tertiary/aromatic N) is 3. The summed E-state index contributed by atoms with van der Waals surface area (Å²) < 4.78 is 7.23. The lowest BCUT2D eigenvalue weighted by molar-refractivity contribution is -0.155. The number of hydrogen-bond acceptors (Lipinski definition) is 6. The van der Waals surface area contributed by atoms with Gasteiger partial charge in [0.05, 0.1) is 22.3 Å². The Balaban J connectivity index is 1.65. The first-order chi connectivity index (χ1) is 17.1. The van der Waals surface area contributed by atoms with Crippen molar-refractivity contribution in [1.82, 2.24) is 9.55 Å². The summed E-state index contributed by atoms with van der Waals surface area (Å²) in [7, 11) is 1.70. The zero-order valence-electron chi connectivity index (χ0n) is 20.6. The fourth-order valence-corrected chi connectivity index (χ4v) is 4.33. The van der Waals surface area contributed by atoms with Crippen molar-refractivity contribution in [2.75, 3.05) is 17.3 Å². The summed E-state index contributed by atoms with van der Waals surface area (Å²) in [6, 6.07) is 18.0. The van der Waals surface area contributed by atoms with Gasteiger partial charge in [-0.05, 0) is 62.5 Å². The quantitative estimate of drug-likeness (QED) is 0.342. The van der Waals surface area contributed by atoms with Crippen molar-refractivity contribution in [1.29, 1.82) is 0 Å². The van der Waals surface area contributed by atoms with E-state index in [4.69, 9.17) is 4.74 Å². The summed E-state index contributed by atoms with van der Waals surface area (Å²) in [5, 5.41) is 4.69. The fraction of sp³-hybridized carbons (Fsp3) is 0.259. The molecule has 1 N–H and O–H groups in total. The van der Waals surface area contributed by atoms with Crippen molar-refractivity contribution in [2.24, 2.45) is 0 Å². The van der Waals surface area contributed by atoms with Crippen LogP contribution in [0.5, 0.6) is 0 Å². The molecule has 0 fully saturated rings. The van der Waals surface area contributed by atoms with E-state index in [1.807, 2.05) is 56.5 Å². The van der Waals surface area contributed by atoms with Gasteiger partial charge in [0.1, 0.15) is 5.60 Å². The molecular formula is C27H28N4O4S. The van der Waals surface area contributed by atoms with E-state index in [0.717, 1.165) is 5.52 Å². The van der Waals surface area contributed by atoms with Gasteiger partial charge >= 0.3 is 5.97 Å². The molecule has 2 amide bonds. The van der Waals surface area contributed by atoms with E-state index in [9.17, 15) is 14.4 Å². The van der Waals surface area contributed by atoms with Gasteiger partial charge in [0.15, 0.2) is 0 Å². The van der Waals surface area contributed by atoms with Crippen LogP contribution < -0.4 is 10.2 Å². The van der Waals surface area contributed by atoms with Crippen LogP contribution in [-0.2, 0) is 16.1 Å². The van der Waals surface area contributed by atoms with Crippen molar-refractivity contribution in [3.8, 4) is 0 Å². The number of nitrogens with one attached hydrogen (secondary N) is 1. The van der Waals surface area contributed by atoms with E-state index >= 15 is 0 Å². The predicted molar refractivity (Wildman–Crippen MR) is 142 cm³/mol. The fourth-order valence-electron chi connectivity index (χ4n) is 3.71. The molecule has 0 unspecified atom stereocenters. The average Bonchev–Trinajstić information content (AvgIpc) is 3.49. The Hall–Kier alpha value is -3.98. The number of aromatic nitrogens is 2. The number of hydrogen-bond donors (Lipinski definition) is 1. The molecule has 2 aromatic carbocycles. The van der Waals surface area contributed by atoms with E-state index in [-0.39, 0.29) is 30.7 Å². The molecule has 0 bridgehead atoms. The first-order valence-corrected chi connectivity index (χ1v) is 12.4. The molecule has 8 nitrogen and oxygen atoms in total. The molecule has 0 radical (unpaired) electrons. The Labute approximate surface area is 213 Å². The highest BCUT2D eigenvalue weighted by Crippen LogP contribution is 2.27. The summed E-state index contributed by atoms with van der Waals surface area (Å²) in [5.74, 6) is -0.452. The molecule has 0 aliphatic heterocycles. The third-order valence-electron chi connectivity index (χ3n) is 5.37. The van der Waals surface area contributed by atoms with Gasteiger partial charge in [-0.15, -0.1) is 11.3 Å². The molecule has 4 aromatic rings. The van der Waals surface area contributed by atoms with Crippen molar-refractivity contribution >= 4 is 51.8 Å². The van der Waals surface area contributed by atoms with Gasteiger partial charge in [0.2, 0.25) is 5.95 Å². The maximum atomic E-state index is 12.9. The second-order valence-corrected chi connectivity index (χ2v) is 10.2. The molecular weight excluding hydrogens is 476 g/mol. The number of anilines is 2. The summed E-state index contributed by atoms with van der Waals surface area (Å²) in [6.07, 6.45) is 0.110. The normalized spacial score (nSPS) is 11.3. The van der Waals surface area contributed by atoms with Crippen molar-refractivity contribution in [3.05, 3.63) is 76.5 Å². The first-order valence-electron chi connectivity index (χ1n) is 11.5. The topological polar surface area (TPSA) is 93.5 Å². The molecule has 0 spiro atoms. The molecule has 2 heterocycles. The Morgan fingerprint density at radius 3 is 2.47 bits per heavy atom. The molecule has 4 rings (SSSR count). The molecule has 0 aliphatic rings. The third kappa shape index (κ3) is 5.80. The highest BCUT2D eigenvalue weighted by atomic mass is 32.1. The number of aryl methyl sites for hydroxylation is 1. The monoisotopic (exact) mass is 504 g/mol. The third-order valence-corrected chi connectivity index (χ3v) is 6.24. The number of fused-ring (bicyclic) bond motifs is 1. The predicted octanol–water partition coefficient (Wildman–Crippen LogP) is 5.36. The Morgan fingerprint density at radius 2 is 1.81 bits per heavy atom. The molecule has 0 saturated heterocycles. The van der Waals surface area contributed by atoms with Gasteiger partial charge in [0.25, 0.3) is 11.8 Å². The van der Waals surface area contributed by atoms with Crippen molar-refractivity contribution in [3.63, 3.8) is 0 Å². The van der Waals surface area contributed by atoms with Gasteiger partial charge in [-0.25, -0.2) is 4.98 Å². The van der Waals surface area contributed by atoms with Crippen LogP contribution in [0, 0.1) is 0 Å². The number of esters is 1. The van der Waals surface area contributed by atoms with Crippen LogP contribution in [0.4, 0.5) is 11.6 Å². The smallest absolute Gasteiger partial charge is 0.308 e. The second-order valence-electron chi connectivity index (χ2n) is 9.26. The number of carbonyl (C=O) groups excluding carboxylic acids is 3. The van der Waals surface area contributed by atoms with Crippen LogP contribution in [0.1, 0.15) is 47.2 Å². The maximum Gasteiger partial charge on any atom is 0.308 e. The van der Waals surface area contributed by atoms with Crippen LogP contribution >= 0.6 is 11.3 Å². The lowest BCUT2D eigenvalue weighted by atomic mass is 10.2. The van der Waals surface area contributed by atoms with Crippen molar-refractivity contribution in [2.45, 2.75) is 39.3 Å². The van der Waals surface area contributed by atoms with E-state index in [2.05, 4.69) is 10.3 Å². The molecule has 0 aliphatic carbocycles. The van der Waals surface area contributed by atoms with Crippen LogP contribution in [-0.4, -0.2) is 40.0 Å². The van der Waals surface area contributed by atoms with Crippen LogP contribution in [0.3, 0.4) is 0 Å². The second kappa shape index (κ2) is 10.3. The standard InChI is InChI=1S/C27H28N4O4S/c1-27(2,3)35-23(32)14-15-31-21-13-12-19(30(4)25(34)18-9-6-5-7-10-18)17-20(21)28-26(31)29-24(33)22-11-8-16-36-22/h5-13,16-17H,14-15H2,1-4H3,(H,28,29,33). The summed E-state index contributed by atoms with van der Waals surface area (Å²) in [5.41, 5.74) is 1.96. The van der Waals surface area contributed by atoms with E-state index in [1.165, 1.54) is 11.3 Å². The summed E-state index contributed by atoms with van der Waals surface area (Å²) in [6.45, 7) is 5.72. The van der Waals surface area contributed by atoms with E-state index < -0.39 is 5.60 Å². The maximum absolute atomic E-state index is 12.9. The van der Waals surface area contributed by atoms with E-state index in [0.29, 0.717) is 27.6 Å². The zero-order chi connectivity index (χ0) is 25.9. The Morgan fingerprint density at radius 1 is 1.06 bits per heavy atom. The highest BCUT2D eigenvalue weighted by molar-refractivity contribution is 7.12. The van der Waals surface area contributed by atoms with Crippen LogP contribution in [0.25, 0.3) is 11.0 Å². The number of imidazole rings is 1. The SMILES string of the molecule is CN(C(=O)c1ccccc1)c1ccc2c(c1)nc(NC(=O)c1cccs1)n2CCC(=O)OC(C)(C)C. The first kappa shape index (κ1) is 25.1. The molecule has 0 saturated carbocycles. The summed E-state index contributed by atoms with van der Waals surface area (Å²) in [4.78, 5) is 44.8. The number of ether oxygens (including phenoxy) is 1. The Kier molecular flexibility index (Phi) is 7.21. The minimum Gasteiger partial charge on any atom is -0.460 e. The minimum atomic E-state index is -0.588. The molecule has 2 aromatic heterocycles. The molecule has 0 atom stereocenters. The lowest BCUT2D eigenvalue weighted by Crippen LogP contribution is -2.26. The van der Waals surface area contributed by atoms with Crippen molar-refractivity contribution < 1.29 is 19.1 Å². The van der Waals surface area contributed by atoms with Crippen LogP contribution in [0.2, 0.25) is 0 Å². The van der Waals surface area contributed by atoms with Gasteiger partial charge < -0.3 is 14.2 Å². The largest absolute Gasteiger partial charge is 0.460 e. The molecule has 9 heteroatoms. The van der Waals surface area contributed by atoms with Gasteiger partial charge in [-0.2, -0.15) is 0 Å². The number of thiophene rings is 1. The molecule has 36 heavy (non-hydrogen) atoms. The number of benzene rings is 2. The number of amides is 2. The number of carbonyl (C=O) groups is 3. The van der Waals surface area contributed by atoms with Gasteiger partial charge in [-0.1, -0.05) is 24.3 Å². The van der Waals surface area contributed by atoms with Gasteiger partial charge in [-0.3, -0.25) is 19.7 Å². The lowest BCUT2D eigenvalue weighted by Gasteiger charge is -2.20. The van der Waals surface area contributed by atoms with Gasteiger partial charge in [0, 0.05) is 24.8 Å². The highest BCUT2D eigenvalue weighted by Gasteiger charge is 2.21.